The first-order valence-electron chi connectivity index (χ1n) is 7.00. The molecule has 0 amide bonds. The Hall–Kier alpha value is -0.380. The van der Waals surface area contributed by atoms with Crippen LogP contribution >= 0.6 is 0 Å². The summed E-state index contributed by atoms with van der Waals surface area (Å²) in [4.78, 5) is 2.25. The Balaban J connectivity index is 3.26. The number of unbranched alkanes of at least 4 members (excludes halogenated alkanes) is 3. The lowest BCUT2D eigenvalue weighted by Crippen LogP contribution is -2.28. The number of hydrogen-bond acceptors (Lipinski definition) is 3. The summed E-state index contributed by atoms with van der Waals surface area (Å²) in [6.07, 6.45) is 8.22. The molecule has 0 aliphatic rings. The predicted octanol–water partition coefficient (Wildman–Crippen LogP) is 2.03. The van der Waals surface area contributed by atoms with Gasteiger partial charge in [-0.25, -0.2) is 0 Å². The van der Waals surface area contributed by atoms with Crippen LogP contribution in [0.15, 0.2) is 12.7 Å². The number of aliphatic hydroxyl groups is 1. The first-order valence-corrected chi connectivity index (χ1v) is 7.00. The number of hydrogen-bond donors (Lipinski definition) is 2. The predicted molar refractivity (Wildman–Crippen MR) is 75.4 cm³/mol. The summed E-state index contributed by atoms with van der Waals surface area (Å²) in [5, 5.41) is 12.3. The summed E-state index contributed by atoms with van der Waals surface area (Å²) in [5.74, 6) is 0. The van der Waals surface area contributed by atoms with Crippen LogP contribution in [0.25, 0.3) is 0 Å². The van der Waals surface area contributed by atoms with Crippen LogP contribution in [0.1, 0.15) is 39.0 Å². The van der Waals surface area contributed by atoms with Crippen molar-refractivity contribution in [1.29, 1.82) is 0 Å². The molecule has 0 fully saturated rings. The highest BCUT2D eigenvalue weighted by molar-refractivity contribution is 4.73. The van der Waals surface area contributed by atoms with E-state index >= 15 is 0 Å². The van der Waals surface area contributed by atoms with Crippen LogP contribution in [0.3, 0.4) is 0 Å². The Morgan fingerprint density at radius 2 is 1.88 bits per heavy atom. The van der Waals surface area contributed by atoms with Crippen molar-refractivity contribution in [3.05, 3.63) is 12.7 Å². The monoisotopic (exact) mass is 242 g/mol. The quantitative estimate of drug-likeness (QED) is 0.383. The zero-order valence-electron chi connectivity index (χ0n) is 11.5. The first-order chi connectivity index (χ1) is 8.35. The van der Waals surface area contributed by atoms with Crippen LogP contribution in [-0.4, -0.2) is 49.3 Å². The van der Waals surface area contributed by atoms with Gasteiger partial charge in [0.1, 0.15) is 0 Å². The van der Waals surface area contributed by atoms with Gasteiger partial charge in [-0.2, -0.15) is 0 Å². The van der Waals surface area contributed by atoms with Crippen molar-refractivity contribution in [3.8, 4) is 0 Å². The van der Waals surface area contributed by atoms with Gasteiger partial charge in [-0.05, 0) is 38.9 Å². The molecule has 3 heteroatoms. The molecule has 0 heterocycles. The third-order valence-corrected chi connectivity index (χ3v) is 2.81. The number of nitrogens with zero attached hydrogens (tertiary/aromatic N) is 1. The molecular formula is C14H30N2O. The van der Waals surface area contributed by atoms with Crippen LogP contribution in [0, 0.1) is 0 Å². The van der Waals surface area contributed by atoms with E-state index in [0.29, 0.717) is 0 Å². The molecule has 0 atom stereocenters. The van der Waals surface area contributed by atoms with Crippen molar-refractivity contribution in [3.63, 3.8) is 0 Å². The molecule has 0 aromatic rings. The fourth-order valence-electron chi connectivity index (χ4n) is 1.86. The average molecular weight is 242 g/mol. The fourth-order valence-corrected chi connectivity index (χ4v) is 1.86. The van der Waals surface area contributed by atoms with Crippen LogP contribution in [0.2, 0.25) is 0 Å². The maximum atomic E-state index is 8.90. The molecule has 0 bridgehead atoms. The lowest BCUT2D eigenvalue weighted by Gasteiger charge is -2.19. The van der Waals surface area contributed by atoms with Crippen molar-refractivity contribution < 1.29 is 5.11 Å². The molecule has 0 spiro atoms. The topological polar surface area (TPSA) is 35.5 Å². The average Bonchev–Trinajstić information content (AvgIpc) is 2.33. The summed E-state index contributed by atoms with van der Waals surface area (Å²) < 4.78 is 0. The lowest BCUT2D eigenvalue weighted by molar-refractivity contribution is 0.206. The molecule has 0 aromatic carbocycles. The van der Waals surface area contributed by atoms with E-state index < -0.39 is 0 Å². The third-order valence-electron chi connectivity index (χ3n) is 2.81. The largest absolute Gasteiger partial charge is 0.395 e. The van der Waals surface area contributed by atoms with Gasteiger partial charge >= 0.3 is 0 Å². The maximum Gasteiger partial charge on any atom is 0.0558 e. The van der Waals surface area contributed by atoms with Gasteiger partial charge in [0.15, 0.2) is 0 Å². The Labute approximate surface area is 107 Å². The van der Waals surface area contributed by atoms with Gasteiger partial charge in [-0.1, -0.05) is 25.8 Å². The fraction of sp³-hybridized carbons (Fsp3) is 0.857. The highest BCUT2D eigenvalue weighted by Crippen LogP contribution is 2.01. The van der Waals surface area contributed by atoms with E-state index in [4.69, 9.17) is 5.11 Å². The van der Waals surface area contributed by atoms with E-state index in [1.807, 2.05) is 6.08 Å². The molecule has 2 N–H and O–H groups in total. The van der Waals surface area contributed by atoms with Gasteiger partial charge in [0.25, 0.3) is 0 Å². The van der Waals surface area contributed by atoms with Crippen molar-refractivity contribution in [2.45, 2.75) is 39.0 Å². The molecule has 3 nitrogen and oxygen atoms in total. The van der Waals surface area contributed by atoms with Crippen LogP contribution in [-0.2, 0) is 0 Å². The second-order valence-corrected chi connectivity index (χ2v) is 4.48. The Morgan fingerprint density at radius 1 is 1.12 bits per heavy atom. The standard InChI is InChI=1S/C14H30N2O/c1-3-9-15-10-7-5-6-8-12-16(11-4-2)13-14-17/h4,15,17H,2-3,5-14H2,1H3. The van der Waals surface area contributed by atoms with Gasteiger partial charge < -0.3 is 10.4 Å². The normalized spacial score (nSPS) is 11.0. The van der Waals surface area contributed by atoms with Gasteiger partial charge in [-0.3, -0.25) is 4.90 Å². The van der Waals surface area contributed by atoms with E-state index in [0.717, 1.165) is 32.7 Å². The highest BCUT2D eigenvalue weighted by Gasteiger charge is 2.00. The molecule has 0 aliphatic heterocycles. The maximum absolute atomic E-state index is 8.90. The number of rotatable bonds is 13. The van der Waals surface area contributed by atoms with Gasteiger partial charge in [0, 0.05) is 13.1 Å². The van der Waals surface area contributed by atoms with Crippen LogP contribution < -0.4 is 5.32 Å². The van der Waals surface area contributed by atoms with Gasteiger partial charge in [-0.15, -0.1) is 6.58 Å². The van der Waals surface area contributed by atoms with E-state index in [9.17, 15) is 0 Å². The Morgan fingerprint density at radius 3 is 2.53 bits per heavy atom. The summed E-state index contributed by atoms with van der Waals surface area (Å²) in [7, 11) is 0. The molecule has 0 aliphatic carbocycles. The van der Waals surface area contributed by atoms with E-state index in [1.54, 1.807) is 0 Å². The second-order valence-electron chi connectivity index (χ2n) is 4.48. The first kappa shape index (κ1) is 16.6. The van der Waals surface area contributed by atoms with E-state index in [1.165, 1.54) is 32.1 Å². The smallest absolute Gasteiger partial charge is 0.0558 e. The van der Waals surface area contributed by atoms with Gasteiger partial charge in [0.2, 0.25) is 0 Å². The molecule has 17 heavy (non-hydrogen) atoms. The minimum absolute atomic E-state index is 0.245. The molecular weight excluding hydrogens is 212 g/mol. The number of aliphatic hydroxyl groups excluding tert-OH is 1. The van der Waals surface area contributed by atoms with Crippen molar-refractivity contribution >= 4 is 0 Å². The molecule has 0 saturated heterocycles. The molecule has 0 saturated carbocycles. The minimum atomic E-state index is 0.245. The highest BCUT2D eigenvalue weighted by atomic mass is 16.3. The zero-order valence-corrected chi connectivity index (χ0v) is 11.5. The zero-order chi connectivity index (χ0) is 12.8. The summed E-state index contributed by atoms with van der Waals surface area (Å²) in [6, 6.07) is 0. The molecule has 102 valence electrons. The second kappa shape index (κ2) is 13.7. The molecule has 0 aromatic heterocycles. The van der Waals surface area contributed by atoms with Crippen molar-refractivity contribution in [2.75, 3.05) is 39.3 Å². The molecule has 0 rings (SSSR count). The lowest BCUT2D eigenvalue weighted by atomic mass is 10.2. The SMILES string of the molecule is C=CCN(CCO)CCCCCCNCCC. The van der Waals surface area contributed by atoms with E-state index in [-0.39, 0.29) is 6.61 Å². The van der Waals surface area contributed by atoms with E-state index in [2.05, 4.69) is 23.7 Å². The van der Waals surface area contributed by atoms with Crippen molar-refractivity contribution in [1.82, 2.24) is 10.2 Å². The van der Waals surface area contributed by atoms with Crippen molar-refractivity contribution in [2.24, 2.45) is 0 Å². The summed E-state index contributed by atoms with van der Waals surface area (Å²) >= 11 is 0. The van der Waals surface area contributed by atoms with Gasteiger partial charge in [0.05, 0.1) is 6.61 Å². The van der Waals surface area contributed by atoms with Crippen LogP contribution in [0.4, 0.5) is 0 Å². The minimum Gasteiger partial charge on any atom is -0.395 e. The third kappa shape index (κ3) is 11.9. The Bertz CT molecular complexity index is 162. The molecule has 0 unspecified atom stereocenters. The number of nitrogens with one attached hydrogen (secondary N) is 1. The van der Waals surface area contributed by atoms with Crippen LogP contribution in [0.5, 0.6) is 0 Å². The summed E-state index contributed by atoms with van der Waals surface area (Å²) in [6.45, 7) is 11.2. The molecule has 0 radical (unpaired) electrons. The Kier molecular flexibility index (Phi) is 13.4. The summed E-state index contributed by atoms with van der Waals surface area (Å²) in [5.41, 5.74) is 0.